The van der Waals surface area contributed by atoms with E-state index in [-0.39, 0.29) is 5.82 Å². The second-order valence-electron chi connectivity index (χ2n) is 2.15. The fourth-order valence-corrected chi connectivity index (χ4v) is 0.755. The molecule has 6 heteroatoms. The quantitative estimate of drug-likeness (QED) is 0.614. The molecule has 0 spiro atoms. The molecule has 1 aromatic rings. The lowest BCUT2D eigenvalue weighted by Crippen LogP contribution is -2.25. The molecule has 1 heterocycles. The molecule has 3 N–H and O–H groups in total. The minimum atomic E-state index is -0.596. The molecule has 0 amide bonds. The van der Waals surface area contributed by atoms with E-state index in [1.54, 1.807) is 11.9 Å². The lowest BCUT2D eigenvalue weighted by atomic mass is 10.5. The van der Waals surface area contributed by atoms with Gasteiger partial charge in [-0.05, 0) is 0 Å². The summed E-state index contributed by atoms with van der Waals surface area (Å²) < 4.78 is 12.6. The Morgan fingerprint density at radius 3 is 2.82 bits per heavy atom. The topological polar surface area (TPSA) is 70.8 Å². The number of hydrogen-bond donors (Lipinski definition) is 2. The maximum Gasteiger partial charge on any atom is 0.276 e. The number of nitrogens with two attached hydrogens (primary N) is 1. The third-order valence-corrected chi connectivity index (χ3v) is 1.31. The Hall–Kier alpha value is -1.17. The summed E-state index contributed by atoms with van der Waals surface area (Å²) in [6.45, 7) is 1.02. The monoisotopic (exact) mass is 159 g/mol. The first-order valence-corrected chi connectivity index (χ1v) is 3.23. The molecule has 0 aliphatic carbocycles. The maximum atomic E-state index is 12.6. The molecule has 0 aliphatic rings. The summed E-state index contributed by atoms with van der Waals surface area (Å²) in [6.07, 6.45) is 0. The summed E-state index contributed by atoms with van der Waals surface area (Å²) in [4.78, 5) is 1.60. The van der Waals surface area contributed by atoms with Crippen molar-refractivity contribution in [3.63, 3.8) is 0 Å². The van der Waals surface area contributed by atoms with Crippen LogP contribution in [-0.4, -0.2) is 35.5 Å². The van der Waals surface area contributed by atoms with Gasteiger partial charge in [-0.25, -0.2) is 0 Å². The van der Waals surface area contributed by atoms with Gasteiger partial charge < -0.3 is 10.6 Å². The van der Waals surface area contributed by atoms with Gasteiger partial charge in [0.1, 0.15) is 0 Å². The molecule has 0 aliphatic heterocycles. The van der Waals surface area contributed by atoms with Gasteiger partial charge >= 0.3 is 0 Å². The SMILES string of the molecule is CN(CCN)c1n[nH]nc1F. The van der Waals surface area contributed by atoms with Crippen molar-refractivity contribution in [1.82, 2.24) is 15.4 Å². The van der Waals surface area contributed by atoms with Crippen molar-refractivity contribution in [3.05, 3.63) is 5.95 Å². The van der Waals surface area contributed by atoms with Crippen molar-refractivity contribution in [3.8, 4) is 0 Å². The van der Waals surface area contributed by atoms with Gasteiger partial charge in [-0.1, -0.05) is 0 Å². The first kappa shape index (κ1) is 7.93. The fourth-order valence-electron chi connectivity index (χ4n) is 0.755. The van der Waals surface area contributed by atoms with Crippen LogP contribution in [0.1, 0.15) is 0 Å². The predicted molar refractivity (Wildman–Crippen MR) is 38.7 cm³/mol. The summed E-state index contributed by atoms with van der Waals surface area (Å²) in [5, 5.41) is 9.01. The Kier molecular flexibility index (Phi) is 2.37. The van der Waals surface area contributed by atoms with Crippen molar-refractivity contribution in [1.29, 1.82) is 0 Å². The summed E-state index contributed by atoms with van der Waals surface area (Å²) >= 11 is 0. The van der Waals surface area contributed by atoms with E-state index in [1.807, 2.05) is 0 Å². The molecule has 62 valence electrons. The normalized spacial score (nSPS) is 10.1. The number of H-pyrrole nitrogens is 1. The van der Waals surface area contributed by atoms with E-state index in [1.165, 1.54) is 0 Å². The van der Waals surface area contributed by atoms with Crippen LogP contribution in [0.25, 0.3) is 0 Å². The van der Waals surface area contributed by atoms with Crippen molar-refractivity contribution >= 4 is 5.82 Å². The average Bonchev–Trinajstić information content (AvgIpc) is 2.36. The fraction of sp³-hybridized carbons (Fsp3) is 0.600. The number of rotatable bonds is 3. The van der Waals surface area contributed by atoms with Gasteiger partial charge in [0, 0.05) is 20.1 Å². The van der Waals surface area contributed by atoms with Crippen LogP contribution in [0, 0.1) is 5.95 Å². The van der Waals surface area contributed by atoms with E-state index in [9.17, 15) is 4.39 Å². The Balaban J connectivity index is 2.67. The Bertz CT molecular complexity index is 222. The zero-order valence-electron chi connectivity index (χ0n) is 6.21. The van der Waals surface area contributed by atoms with Crippen LogP contribution in [0.15, 0.2) is 0 Å². The van der Waals surface area contributed by atoms with E-state index in [0.29, 0.717) is 13.1 Å². The zero-order chi connectivity index (χ0) is 8.27. The minimum Gasteiger partial charge on any atom is -0.353 e. The van der Waals surface area contributed by atoms with Crippen LogP contribution < -0.4 is 10.6 Å². The summed E-state index contributed by atoms with van der Waals surface area (Å²) in [6, 6.07) is 0. The lowest BCUT2D eigenvalue weighted by Gasteiger charge is -2.12. The lowest BCUT2D eigenvalue weighted by molar-refractivity contribution is 0.576. The van der Waals surface area contributed by atoms with Gasteiger partial charge in [0.15, 0.2) is 0 Å². The molecule has 0 bridgehead atoms. The highest BCUT2D eigenvalue weighted by molar-refractivity contribution is 5.34. The maximum absolute atomic E-state index is 12.6. The van der Waals surface area contributed by atoms with Gasteiger partial charge in [0.05, 0.1) is 0 Å². The highest BCUT2D eigenvalue weighted by Gasteiger charge is 2.09. The first-order valence-electron chi connectivity index (χ1n) is 3.23. The molecule has 1 rings (SSSR count). The molecular formula is C5H10FN5. The van der Waals surface area contributed by atoms with E-state index < -0.39 is 5.95 Å². The Morgan fingerprint density at radius 2 is 2.36 bits per heavy atom. The van der Waals surface area contributed by atoms with Crippen LogP contribution in [0.5, 0.6) is 0 Å². The van der Waals surface area contributed by atoms with Gasteiger partial charge in [0.25, 0.3) is 5.95 Å². The Labute approximate surface area is 63.4 Å². The van der Waals surface area contributed by atoms with Crippen LogP contribution >= 0.6 is 0 Å². The average molecular weight is 159 g/mol. The van der Waals surface area contributed by atoms with Gasteiger partial charge in [-0.15, -0.1) is 10.2 Å². The molecule has 11 heavy (non-hydrogen) atoms. The van der Waals surface area contributed by atoms with Gasteiger partial charge in [-0.2, -0.15) is 9.60 Å². The Morgan fingerprint density at radius 1 is 1.64 bits per heavy atom. The van der Waals surface area contributed by atoms with Gasteiger partial charge in [0.2, 0.25) is 5.82 Å². The van der Waals surface area contributed by atoms with E-state index in [2.05, 4.69) is 15.4 Å². The van der Waals surface area contributed by atoms with Crippen molar-refractivity contribution in [2.45, 2.75) is 0 Å². The van der Waals surface area contributed by atoms with Crippen LogP contribution in [-0.2, 0) is 0 Å². The van der Waals surface area contributed by atoms with Crippen molar-refractivity contribution < 1.29 is 4.39 Å². The summed E-state index contributed by atoms with van der Waals surface area (Å²) in [5.41, 5.74) is 5.26. The number of anilines is 1. The van der Waals surface area contributed by atoms with E-state index in [0.717, 1.165) is 0 Å². The van der Waals surface area contributed by atoms with Crippen molar-refractivity contribution in [2.75, 3.05) is 25.0 Å². The molecule has 0 fully saturated rings. The highest BCUT2D eigenvalue weighted by atomic mass is 19.1. The molecule has 0 atom stereocenters. The molecule has 0 saturated carbocycles. The number of halogens is 1. The van der Waals surface area contributed by atoms with Crippen LogP contribution in [0.2, 0.25) is 0 Å². The first-order chi connectivity index (χ1) is 5.25. The smallest absolute Gasteiger partial charge is 0.276 e. The molecule has 0 saturated heterocycles. The van der Waals surface area contributed by atoms with E-state index >= 15 is 0 Å². The second kappa shape index (κ2) is 3.29. The predicted octanol–water partition coefficient (Wildman–Crippen LogP) is -0.661. The standard InChI is InChI=1S/C5H10FN5/c1-11(3-2-7)5-4(6)8-10-9-5/h2-3,7H2,1H3,(H,8,9,10). The summed E-state index contributed by atoms with van der Waals surface area (Å²) in [7, 11) is 1.70. The molecule has 0 aromatic carbocycles. The van der Waals surface area contributed by atoms with Crippen molar-refractivity contribution in [2.24, 2.45) is 5.73 Å². The largest absolute Gasteiger partial charge is 0.353 e. The summed E-state index contributed by atoms with van der Waals surface area (Å²) in [5.74, 6) is -0.392. The van der Waals surface area contributed by atoms with Gasteiger partial charge in [-0.3, -0.25) is 0 Å². The third-order valence-electron chi connectivity index (χ3n) is 1.31. The number of hydrogen-bond acceptors (Lipinski definition) is 4. The third kappa shape index (κ3) is 1.64. The molecule has 5 nitrogen and oxygen atoms in total. The minimum absolute atomic E-state index is 0.204. The number of likely N-dealkylation sites (N-methyl/N-ethyl adjacent to an activating group) is 1. The number of aromatic amines is 1. The van der Waals surface area contributed by atoms with Crippen LogP contribution in [0.3, 0.4) is 0 Å². The molecular weight excluding hydrogens is 149 g/mol. The molecule has 0 unspecified atom stereocenters. The van der Waals surface area contributed by atoms with E-state index in [4.69, 9.17) is 5.73 Å². The molecule has 1 aromatic heterocycles. The van der Waals surface area contributed by atoms with Crippen LogP contribution in [0.4, 0.5) is 10.2 Å². The second-order valence-corrected chi connectivity index (χ2v) is 2.15. The number of nitrogens with one attached hydrogen (secondary N) is 1. The highest BCUT2D eigenvalue weighted by Crippen LogP contribution is 2.08. The number of aromatic nitrogens is 3. The number of nitrogens with zero attached hydrogens (tertiary/aromatic N) is 3. The zero-order valence-corrected chi connectivity index (χ0v) is 6.21. The molecule has 0 radical (unpaired) electrons.